The monoisotopic (exact) mass is 424 g/mol. The zero-order valence-electron chi connectivity index (χ0n) is 12.6. The number of phenols is 1. The molecule has 7 heteroatoms. The number of carbonyl (C=O) groups excluding carboxylic acids is 1. The summed E-state index contributed by atoms with van der Waals surface area (Å²) in [5.41, 5.74) is 2.50. The standard InChI is InChI=1S/C17H14BrClN2O2S/c1-9-2-4-11(19)8-13(9)20-17-21-16(23)15(24-17)7-10-3-5-14(22)12(18)6-10/h2-8,17,20,22H,1H3,(H,21,23)/b15-7-. The van der Waals surface area contributed by atoms with Crippen LogP contribution in [0, 0.1) is 6.92 Å². The van der Waals surface area contributed by atoms with Gasteiger partial charge in [-0.05, 0) is 64.3 Å². The molecule has 1 fully saturated rings. The van der Waals surface area contributed by atoms with E-state index in [-0.39, 0.29) is 17.2 Å². The van der Waals surface area contributed by atoms with Crippen molar-refractivity contribution in [3.05, 3.63) is 61.9 Å². The third kappa shape index (κ3) is 3.88. The van der Waals surface area contributed by atoms with Crippen molar-refractivity contribution in [1.29, 1.82) is 0 Å². The summed E-state index contributed by atoms with van der Waals surface area (Å²) >= 11 is 10.7. The van der Waals surface area contributed by atoms with E-state index in [2.05, 4.69) is 26.6 Å². The molecule has 1 amide bonds. The average molecular weight is 426 g/mol. The summed E-state index contributed by atoms with van der Waals surface area (Å²) in [6.45, 7) is 1.98. The molecule has 124 valence electrons. The van der Waals surface area contributed by atoms with E-state index in [1.807, 2.05) is 25.1 Å². The molecule has 0 radical (unpaired) electrons. The Morgan fingerprint density at radius 1 is 1.33 bits per heavy atom. The second kappa shape index (κ2) is 7.09. The minimum absolute atomic E-state index is 0.138. The van der Waals surface area contributed by atoms with E-state index in [0.29, 0.717) is 14.4 Å². The Balaban J connectivity index is 1.76. The van der Waals surface area contributed by atoms with Crippen LogP contribution in [-0.2, 0) is 4.79 Å². The fraction of sp³-hybridized carbons (Fsp3) is 0.118. The quantitative estimate of drug-likeness (QED) is 0.623. The van der Waals surface area contributed by atoms with Gasteiger partial charge >= 0.3 is 0 Å². The van der Waals surface area contributed by atoms with E-state index in [1.165, 1.54) is 11.8 Å². The van der Waals surface area contributed by atoms with Crippen LogP contribution in [0.25, 0.3) is 6.08 Å². The van der Waals surface area contributed by atoms with Crippen LogP contribution in [-0.4, -0.2) is 16.5 Å². The lowest BCUT2D eigenvalue weighted by molar-refractivity contribution is -0.116. The highest BCUT2D eigenvalue weighted by molar-refractivity contribution is 9.10. The van der Waals surface area contributed by atoms with Gasteiger partial charge in [0.1, 0.15) is 5.75 Å². The Kier molecular flexibility index (Phi) is 5.08. The molecule has 3 N–H and O–H groups in total. The van der Waals surface area contributed by atoms with Crippen LogP contribution in [0.4, 0.5) is 5.69 Å². The molecule has 3 rings (SSSR count). The number of thioether (sulfide) groups is 1. The van der Waals surface area contributed by atoms with Crippen LogP contribution < -0.4 is 10.6 Å². The first-order chi connectivity index (χ1) is 11.4. The van der Waals surface area contributed by atoms with Crippen LogP contribution in [0.3, 0.4) is 0 Å². The summed E-state index contributed by atoms with van der Waals surface area (Å²) in [5, 5.41) is 16.3. The van der Waals surface area contributed by atoms with Crippen molar-refractivity contribution in [3.8, 4) is 5.75 Å². The molecule has 0 aromatic heterocycles. The number of aromatic hydroxyl groups is 1. The Morgan fingerprint density at radius 2 is 2.12 bits per heavy atom. The van der Waals surface area contributed by atoms with Gasteiger partial charge in [0.25, 0.3) is 5.91 Å². The lowest BCUT2D eigenvalue weighted by Gasteiger charge is -2.15. The van der Waals surface area contributed by atoms with Gasteiger partial charge in [-0.2, -0.15) is 0 Å². The largest absolute Gasteiger partial charge is 0.507 e. The van der Waals surface area contributed by atoms with Gasteiger partial charge in [-0.3, -0.25) is 4.79 Å². The van der Waals surface area contributed by atoms with Crippen LogP contribution >= 0.6 is 39.3 Å². The zero-order valence-corrected chi connectivity index (χ0v) is 15.8. The Hall–Kier alpha value is -1.63. The van der Waals surface area contributed by atoms with Crippen molar-refractivity contribution in [3.63, 3.8) is 0 Å². The van der Waals surface area contributed by atoms with Crippen molar-refractivity contribution in [1.82, 2.24) is 5.32 Å². The Morgan fingerprint density at radius 3 is 2.88 bits per heavy atom. The topological polar surface area (TPSA) is 61.4 Å². The molecule has 1 unspecified atom stereocenters. The van der Waals surface area contributed by atoms with Gasteiger partial charge in [0.15, 0.2) is 5.50 Å². The number of phenolic OH excluding ortho intramolecular Hbond substituents is 1. The van der Waals surface area contributed by atoms with Gasteiger partial charge in [-0.25, -0.2) is 0 Å². The minimum Gasteiger partial charge on any atom is -0.507 e. The lowest BCUT2D eigenvalue weighted by atomic mass is 10.2. The van der Waals surface area contributed by atoms with Crippen molar-refractivity contribution < 1.29 is 9.90 Å². The smallest absolute Gasteiger partial charge is 0.260 e. The fourth-order valence-corrected chi connectivity index (χ4v) is 3.77. The van der Waals surface area contributed by atoms with E-state index in [0.717, 1.165) is 16.8 Å². The normalized spacial score (nSPS) is 18.7. The van der Waals surface area contributed by atoms with Gasteiger partial charge in [-0.15, -0.1) is 0 Å². The van der Waals surface area contributed by atoms with Crippen molar-refractivity contribution in [2.75, 3.05) is 5.32 Å². The summed E-state index contributed by atoms with van der Waals surface area (Å²) in [6.07, 6.45) is 1.79. The molecular weight excluding hydrogens is 412 g/mol. The highest BCUT2D eigenvalue weighted by Crippen LogP contribution is 2.33. The number of hydrogen-bond donors (Lipinski definition) is 3. The molecule has 0 aliphatic carbocycles. The second-order valence-corrected chi connectivity index (χ2v) is 7.73. The van der Waals surface area contributed by atoms with E-state index < -0.39 is 0 Å². The van der Waals surface area contributed by atoms with Crippen molar-refractivity contribution in [2.45, 2.75) is 12.4 Å². The predicted molar refractivity (Wildman–Crippen MR) is 103 cm³/mol. The maximum Gasteiger partial charge on any atom is 0.260 e. The summed E-state index contributed by atoms with van der Waals surface area (Å²) in [7, 11) is 0. The molecule has 2 aromatic rings. The van der Waals surface area contributed by atoms with Gasteiger partial charge in [0.2, 0.25) is 0 Å². The molecule has 24 heavy (non-hydrogen) atoms. The molecule has 1 heterocycles. The third-order valence-corrected chi connectivity index (χ3v) is 5.39. The summed E-state index contributed by atoms with van der Waals surface area (Å²) in [5.74, 6) is 0.0260. The summed E-state index contributed by atoms with van der Waals surface area (Å²) < 4.78 is 0.587. The summed E-state index contributed by atoms with van der Waals surface area (Å²) in [4.78, 5) is 12.8. The molecular formula is C17H14BrClN2O2S. The molecule has 1 aliphatic rings. The Labute approximate surface area is 157 Å². The molecule has 4 nitrogen and oxygen atoms in total. The van der Waals surface area contributed by atoms with Crippen LogP contribution in [0.5, 0.6) is 5.75 Å². The first kappa shape index (κ1) is 17.2. The SMILES string of the molecule is Cc1ccc(Cl)cc1NC1NC(=O)/C(=C/c2ccc(O)c(Br)c2)S1. The van der Waals surface area contributed by atoms with Gasteiger partial charge < -0.3 is 15.7 Å². The number of amides is 1. The Bertz CT molecular complexity index is 841. The predicted octanol–water partition coefficient (Wildman–Crippen LogP) is 4.72. The average Bonchev–Trinajstić information content (AvgIpc) is 2.86. The first-order valence-corrected chi connectivity index (χ1v) is 9.18. The van der Waals surface area contributed by atoms with Crippen molar-refractivity contribution >= 4 is 57.0 Å². The van der Waals surface area contributed by atoms with Crippen LogP contribution in [0.1, 0.15) is 11.1 Å². The molecule has 0 saturated carbocycles. The third-order valence-electron chi connectivity index (χ3n) is 3.49. The van der Waals surface area contributed by atoms with E-state index >= 15 is 0 Å². The van der Waals surface area contributed by atoms with Gasteiger partial charge in [0, 0.05) is 10.7 Å². The van der Waals surface area contributed by atoms with Gasteiger partial charge in [0.05, 0.1) is 9.38 Å². The number of hydrogen-bond acceptors (Lipinski definition) is 4. The van der Waals surface area contributed by atoms with Crippen LogP contribution in [0.15, 0.2) is 45.8 Å². The van der Waals surface area contributed by atoms with Crippen molar-refractivity contribution in [2.24, 2.45) is 0 Å². The van der Waals surface area contributed by atoms with E-state index in [4.69, 9.17) is 11.6 Å². The zero-order chi connectivity index (χ0) is 17.3. The van der Waals surface area contributed by atoms with Gasteiger partial charge in [-0.1, -0.05) is 35.5 Å². The number of benzene rings is 2. The van der Waals surface area contributed by atoms with E-state index in [9.17, 15) is 9.90 Å². The number of nitrogens with one attached hydrogen (secondary N) is 2. The second-order valence-electron chi connectivity index (χ2n) is 5.29. The highest BCUT2D eigenvalue weighted by atomic mass is 79.9. The van der Waals surface area contributed by atoms with E-state index in [1.54, 1.807) is 24.3 Å². The molecule has 0 spiro atoms. The molecule has 1 saturated heterocycles. The molecule has 0 bridgehead atoms. The first-order valence-electron chi connectivity index (χ1n) is 7.13. The molecule has 2 aromatic carbocycles. The number of halogens is 2. The molecule has 1 aliphatic heterocycles. The maximum atomic E-state index is 12.2. The fourth-order valence-electron chi connectivity index (χ4n) is 2.22. The summed E-state index contributed by atoms with van der Waals surface area (Å²) in [6, 6.07) is 10.7. The number of aryl methyl sites for hydroxylation is 1. The lowest BCUT2D eigenvalue weighted by Crippen LogP contribution is -2.31. The number of rotatable bonds is 3. The minimum atomic E-state index is -0.263. The molecule has 1 atom stereocenters. The number of anilines is 1. The highest BCUT2D eigenvalue weighted by Gasteiger charge is 2.27. The maximum absolute atomic E-state index is 12.2. The number of carbonyl (C=O) groups is 1. The van der Waals surface area contributed by atoms with Crippen LogP contribution in [0.2, 0.25) is 5.02 Å².